The third kappa shape index (κ3) is 2.51. The molecule has 3 aromatic heterocycles. The number of H-pyrrole nitrogens is 1. The molecule has 4 aromatic rings. The number of nitrogen functional groups attached to an aromatic ring is 1. The van der Waals surface area contributed by atoms with E-state index in [0.717, 1.165) is 5.56 Å². The molecule has 0 saturated carbocycles. The molecule has 0 aliphatic heterocycles. The van der Waals surface area contributed by atoms with Gasteiger partial charge < -0.3 is 15.1 Å². The molecule has 0 aliphatic rings. The van der Waals surface area contributed by atoms with E-state index in [2.05, 4.69) is 31.8 Å². The fraction of sp³-hybridized carbons (Fsp3) is 0. The van der Waals surface area contributed by atoms with Gasteiger partial charge in [0.25, 0.3) is 0 Å². The van der Waals surface area contributed by atoms with Crippen LogP contribution in [0.1, 0.15) is 11.4 Å². The van der Waals surface area contributed by atoms with Crippen LogP contribution < -0.4 is 5.73 Å². The topological polar surface area (TPSA) is 93.6 Å². The number of fused-ring (bicyclic) bond motifs is 1. The summed E-state index contributed by atoms with van der Waals surface area (Å²) in [5.41, 5.74) is 7.88. The third-order valence-electron chi connectivity index (χ3n) is 3.22. The third-order valence-corrected chi connectivity index (χ3v) is 3.22. The minimum absolute atomic E-state index is 0.279. The molecule has 3 heterocycles. The quantitative estimate of drug-likeness (QED) is 0.527. The number of rotatable bonds is 1. The molecule has 0 fully saturated rings. The number of nitrogens with two attached hydrogens (primary N) is 1. The van der Waals surface area contributed by atoms with Crippen molar-refractivity contribution < 1.29 is 4.42 Å². The highest BCUT2D eigenvalue weighted by atomic mass is 16.3. The van der Waals surface area contributed by atoms with E-state index in [4.69, 9.17) is 10.2 Å². The second-order valence-corrected chi connectivity index (χ2v) is 4.81. The van der Waals surface area contributed by atoms with Crippen molar-refractivity contribution in [2.75, 3.05) is 5.73 Å². The molecular weight excluding hydrogens is 290 g/mol. The largest absolute Gasteiger partial charge is 0.461 e. The zero-order chi connectivity index (χ0) is 15.6. The van der Waals surface area contributed by atoms with Crippen LogP contribution in [-0.2, 0) is 0 Å². The van der Waals surface area contributed by atoms with E-state index >= 15 is 0 Å². The lowest BCUT2D eigenvalue weighted by molar-refractivity contribution is 0.578. The Hall–Kier alpha value is -3.59. The van der Waals surface area contributed by atoms with Gasteiger partial charge in [0, 0.05) is 5.56 Å². The van der Waals surface area contributed by atoms with Crippen molar-refractivity contribution in [1.82, 2.24) is 19.9 Å². The van der Waals surface area contributed by atoms with E-state index in [1.165, 1.54) is 0 Å². The molecule has 6 nitrogen and oxygen atoms in total. The fourth-order valence-corrected chi connectivity index (χ4v) is 2.16. The average molecular weight is 301 g/mol. The molecule has 0 saturated heterocycles. The molecule has 110 valence electrons. The highest BCUT2D eigenvalue weighted by Gasteiger charge is 2.12. The van der Waals surface area contributed by atoms with Crippen molar-refractivity contribution in [3.05, 3.63) is 60.1 Å². The van der Waals surface area contributed by atoms with Gasteiger partial charge in [-0.25, -0.2) is 15.0 Å². The number of imidazole rings is 1. The maximum absolute atomic E-state index is 5.96. The second kappa shape index (κ2) is 5.31. The number of benzene rings is 1. The number of anilines is 1. The predicted molar refractivity (Wildman–Crippen MR) is 86.2 cm³/mol. The maximum Gasteiger partial charge on any atom is 0.209 e. The van der Waals surface area contributed by atoms with Crippen molar-refractivity contribution in [2.45, 2.75) is 0 Å². The van der Waals surface area contributed by atoms with Gasteiger partial charge in [0.1, 0.15) is 0 Å². The number of furan rings is 1. The molecule has 0 bridgehead atoms. The van der Waals surface area contributed by atoms with Gasteiger partial charge in [-0.2, -0.15) is 0 Å². The van der Waals surface area contributed by atoms with Gasteiger partial charge in [-0.15, -0.1) is 0 Å². The van der Waals surface area contributed by atoms with Gasteiger partial charge in [-0.05, 0) is 30.2 Å². The van der Waals surface area contributed by atoms with Crippen molar-refractivity contribution in [1.29, 1.82) is 0 Å². The second-order valence-electron chi connectivity index (χ2n) is 4.81. The van der Waals surface area contributed by atoms with Crippen LogP contribution >= 0.6 is 0 Å². The lowest BCUT2D eigenvalue weighted by Gasteiger charge is -1.94. The van der Waals surface area contributed by atoms with Crippen LogP contribution in [0, 0.1) is 11.8 Å². The molecule has 0 spiro atoms. The standard InChI is InChI=1S/C17H11N5O/c18-15-14-17(22-16(21-14)12-7-4-10-23-12)20-13(19-15)9-8-11-5-2-1-3-6-11/h1-7,10H,(H3,18,19,20,21,22). The zero-order valence-corrected chi connectivity index (χ0v) is 11.9. The molecule has 6 heteroatoms. The fourth-order valence-electron chi connectivity index (χ4n) is 2.16. The summed E-state index contributed by atoms with van der Waals surface area (Å²) in [7, 11) is 0. The zero-order valence-electron chi connectivity index (χ0n) is 11.9. The first kappa shape index (κ1) is 13.1. The number of nitrogens with zero attached hydrogens (tertiary/aromatic N) is 3. The smallest absolute Gasteiger partial charge is 0.209 e. The first-order chi connectivity index (χ1) is 11.3. The van der Waals surface area contributed by atoms with E-state index in [-0.39, 0.29) is 5.82 Å². The van der Waals surface area contributed by atoms with Gasteiger partial charge in [0.05, 0.1) is 6.26 Å². The highest BCUT2D eigenvalue weighted by molar-refractivity contribution is 5.84. The minimum atomic E-state index is 0.279. The molecule has 0 aliphatic carbocycles. The van der Waals surface area contributed by atoms with Crippen LogP contribution in [0.2, 0.25) is 0 Å². The molecular formula is C17H11N5O. The Bertz CT molecular complexity index is 1020. The number of aromatic amines is 1. The minimum Gasteiger partial charge on any atom is -0.461 e. The number of hydrogen-bond donors (Lipinski definition) is 2. The predicted octanol–water partition coefficient (Wildman–Crippen LogP) is 2.59. The number of aromatic nitrogens is 4. The van der Waals surface area contributed by atoms with Crippen LogP contribution in [0.5, 0.6) is 0 Å². The van der Waals surface area contributed by atoms with Crippen LogP contribution in [0.3, 0.4) is 0 Å². The van der Waals surface area contributed by atoms with Crippen molar-refractivity contribution in [2.24, 2.45) is 0 Å². The van der Waals surface area contributed by atoms with Crippen LogP contribution in [0.25, 0.3) is 22.7 Å². The van der Waals surface area contributed by atoms with E-state index < -0.39 is 0 Å². The Morgan fingerprint density at radius 3 is 2.61 bits per heavy atom. The Kier molecular flexibility index (Phi) is 3.03. The molecule has 0 amide bonds. The van der Waals surface area contributed by atoms with Crippen LogP contribution in [0.15, 0.2) is 53.1 Å². The normalized spacial score (nSPS) is 10.4. The summed E-state index contributed by atoms with van der Waals surface area (Å²) in [5.74, 6) is 7.70. The van der Waals surface area contributed by atoms with Crippen molar-refractivity contribution >= 4 is 17.0 Å². The number of hydrogen-bond acceptors (Lipinski definition) is 5. The van der Waals surface area contributed by atoms with Gasteiger partial charge in [0.15, 0.2) is 28.6 Å². The van der Waals surface area contributed by atoms with Crippen LogP contribution in [0.4, 0.5) is 5.82 Å². The molecule has 0 radical (unpaired) electrons. The number of nitrogens with one attached hydrogen (secondary N) is 1. The van der Waals surface area contributed by atoms with E-state index in [1.807, 2.05) is 30.3 Å². The molecule has 1 aromatic carbocycles. The first-order valence-electron chi connectivity index (χ1n) is 6.94. The van der Waals surface area contributed by atoms with Crippen LogP contribution in [-0.4, -0.2) is 19.9 Å². The van der Waals surface area contributed by atoms with Gasteiger partial charge in [0.2, 0.25) is 5.82 Å². The maximum atomic E-state index is 5.96. The monoisotopic (exact) mass is 301 g/mol. The van der Waals surface area contributed by atoms with Gasteiger partial charge >= 0.3 is 0 Å². The summed E-state index contributed by atoms with van der Waals surface area (Å²) in [6, 6.07) is 13.2. The summed E-state index contributed by atoms with van der Waals surface area (Å²) in [6.45, 7) is 0. The lowest BCUT2D eigenvalue weighted by atomic mass is 10.2. The molecule has 4 rings (SSSR count). The molecule has 3 N–H and O–H groups in total. The summed E-state index contributed by atoms with van der Waals surface area (Å²) >= 11 is 0. The van der Waals surface area contributed by atoms with Gasteiger partial charge in [-0.3, -0.25) is 0 Å². The Morgan fingerprint density at radius 1 is 0.957 bits per heavy atom. The Labute approximate surface area is 131 Å². The molecule has 0 atom stereocenters. The Morgan fingerprint density at radius 2 is 1.83 bits per heavy atom. The molecule has 0 unspecified atom stereocenters. The summed E-state index contributed by atoms with van der Waals surface area (Å²) in [6.07, 6.45) is 1.58. The average Bonchev–Trinajstić information content (AvgIpc) is 3.23. The summed E-state index contributed by atoms with van der Waals surface area (Å²) < 4.78 is 5.31. The highest BCUT2D eigenvalue weighted by Crippen LogP contribution is 2.22. The molecule has 23 heavy (non-hydrogen) atoms. The SMILES string of the molecule is Nc1nc(C#Cc2ccccc2)nc2[nH]c(-c3ccco3)nc12. The summed E-state index contributed by atoms with van der Waals surface area (Å²) in [4.78, 5) is 16.0. The summed E-state index contributed by atoms with van der Waals surface area (Å²) in [5, 5.41) is 0. The Balaban J connectivity index is 1.77. The van der Waals surface area contributed by atoms with Crippen molar-refractivity contribution in [3.8, 4) is 23.4 Å². The van der Waals surface area contributed by atoms with Gasteiger partial charge in [-0.1, -0.05) is 24.1 Å². The van der Waals surface area contributed by atoms with E-state index in [1.54, 1.807) is 18.4 Å². The lowest BCUT2D eigenvalue weighted by Crippen LogP contribution is -1.97. The first-order valence-corrected chi connectivity index (χ1v) is 6.94. The van der Waals surface area contributed by atoms with Crippen molar-refractivity contribution in [3.63, 3.8) is 0 Å². The van der Waals surface area contributed by atoms with E-state index in [0.29, 0.717) is 28.6 Å². The van der Waals surface area contributed by atoms with E-state index in [9.17, 15) is 0 Å².